The lowest BCUT2D eigenvalue weighted by Crippen LogP contribution is -2.14. The molecule has 8 heteroatoms. The number of pyridine rings is 2. The van der Waals surface area contributed by atoms with E-state index in [0.29, 0.717) is 5.82 Å². The molecule has 0 fully saturated rings. The number of imidazole rings is 1. The van der Waals surface area contributed by atoms with E-state index in [2.05, 4.69) is 33.0 Å². The van der Waals surface area contributed by atoms with Gasteiger partial charge in [-0.25, -0.2) is 9.97 Å². The first-order chi connectivity index (χ1) is 13.0. The van der Waals surface area contributed by atoms with Gasteiger partial charge < -0.3 is 15.2 Å². The molecule has 0 radical (unpaired) electrons. The molecule has 0 spiro atoms. The molecule has 0 unspecified atom stereocenters. The SMILES string of the molecule is CCc1cc(-c2cnn(C)c2)ncc1N(C)c1cc2c(ncn2C)c(N)n1. The van der Waals surface area contributed by atoms with E-state index in [1.807, 2.05) is 55.3 Å². The van der Waals surface area contributed by atoms with Crippen molar-refractivity contribution < 1.29 is 0 Å². The van der Waals surface area contributed by atoms with Crippen LogP contribution in [0.3, 0.4) is 0 Å². The number of rotatable bonds is 4. The Kier molecular flexibility index (Phi) is 4.02. The summed E-state index contributed by atoms with van der Waals surface area (Å²) in [5.74, 6) is 1.18. The van der Waals surface area contributed by atoms with Crippen LogP contribution in [0.15, 0.2) is 37.1 Å². The van der Waals surface area contributed by atoms with Crippen LogP contribution < -0.4 is 10.6 Å². The number of aromatic nitrogens is 6. The Bertz CT molecular complexity index is 1120. The minimum absolute atomic E-state index is 0.424. The third kappa shape index (κ3) is 2.88. The number of hydrogen-bond acceptors (Lipinski definition) is 6. The summed E-state index contributed by atoms with van der Waals surface area (Å²) < 4.78 is 3.72. The Labute approximate surface area is 157 Å². The number of fused-ring (bicyclic) bond motifs is 1. The number of hydrogen-bond donors (Lipinski definition) is 1. The molecule has 0 aliphatic rings. The summed E-state index contributed by atoms with van der Waals surface area (Å²) in [6, 6.07) is 4.10. The normalized spacial score (nSPS) is 11.3. The van der Waals surface area contributed by atoms with Crippen LogP contribution in [0.5, 0.6) is 0 Å². The van der Waals surface area contributed by atoms with Crippen molar-refractivity contribution >= 4 is 28.4 Å². The van der Waals surface area contributed by atoms with Crippen molar-refractivity contribution in [1.29, 1.82) is 0 Å². The number of nitrogens with zero attached hydrogens (tertiary/aromatic N) is 7. The van der Waals surface area contributed by atoms with Gasteiger partial charge in [0, 0.05) is 39.0 Å². The van der Waals surface area contributed by atoms with Gasteiger partial charge in [0.05, 0.1) is 35.6 Å². The predicted octanol–water partition coefficient (Wildman–Crippen LogP) is 2.68. The van der Waals surface area contributed by atoms with Crippen LogP contribution in [0.25, 0.3) is 22.3 Å². The molecule has 0 amide bonds. The van der Waals surface area contributed by atoms with Gasteiger partial charge in [-0.15, -0.1) is 0 Å². The number of anilines is 3. The van der Waals surface area contributed by atoms with Crippen molar-refractivity contribution in [2.75, 3.05) is 17.7 Å². The minimum atomic E-state index is 0.424. The lowest BCUT2D eigenvalue weighted by atomic mass is 10.1. The molecule has 4 rings (SSSR count). The van der Waals surface area contributed by atoms with Crippen LogP contribution >= 0.6 is 0 Å². The van der Waals surface area contributed by atoms with Gasteiger partial charge in [-0.1, -0.05) is 6.92 Å². The number of nitrogens with two attached hydrogens (primary N) is 1. The number of nitrogen functional groups attached to an aromatic ring is 1. The second-order valence-electron chi connectivity index (χ2n) is 6.60. The topological polar surface area (TPSA) is 90.7 Å². The largest absolute Gasteiger partial charge is 0.382 e. The van der Waals surface area contributed by atoms with E-state index in [9.17, 15) is 0 Å². The van der Waals surface area contributed by atoms with E-state index in [4.69, 9.17) is 5.73 Å². The van der Waals surface area contributed by atoms with E-state index in [1.54, 1.807) is 11.0 Å². The smallest absolute Gasteiger partial charge is 0.154 e. The standard InChI is InChI=1S/C19H22N8/c1-5-12-6-14(13-8-23-26(3)10-13)21-9-16(12)27(4)17-7-15-18(19(20)24-17)22-11-25(15)2/h6-11H,5H2,1-4H3,(H2,20,24). The van der Waals surface area contributed by atoms with Gasteiger partial charge in [-0.05, 0) is 18.1 Å². The summed E-state index contributed by atoms with van der Waals surface area (Å²) in [4.78, 5) is 15.5. The maximum Gasteiger partial charge on any atom is 0.154 e. The maximum absolute atomic E-state index is 6.12. The second-order valence-corrected chi connectivity index (χ2v) is 6.60. The summed E-state index contributed by atoms with van der Waals surface area (Å²) in [5.41, 5.74) is 11.9. The fourth-order valence-corrected chi connectivity index (χ4v) is 3.22. The Morgan fingerprint density at radius 2 is 1.96 bits per heavy atom. The van der Waals surface area contributed by atoms with Gasteiger partial charge in [-0.3, -0.25) is 9.67 Å². The summed E-state index contributed by atoms with van der Waals surface area (Å²) in [6.45, 7) is 2.13. The zero-order chi connectivity index (χ0) is 19.1. The Balaban J connectivity index is 1.77. The molecule has 4 heterocycles. The first kappa shape index (κ1) is 17.0. The molecule has 0 aliphatic heterocycles. The molecular weight excluding hydrogens is 340 g/mol. The molecule has 8 nitrogen and oxygen atoms in total. The van der Waals surface area contributed by atoms with Gasteiger partial charge in [0.1, 0.15) is 11.3 Å². The lowest BCUT2D eigenvalue weighted by Gasteiger charge is -2.22. The summed E-state index contributed by atoms with van der Waals surface area (Å²) in [6.07, 6.45) is 8.28. The highest BCUT2D eigenvalue weighted by molar-refractivity contribution is 5.88. The van der Waals surface area contributed by atoms with Crippen LogP contribution in [0, 0.1) is 0 Å². The van der Waals surface area contributed by atoms with Gasteiger partial charge in [0.2, 0.25) is 0 Å². The first-order valence-corrected chi connectivity index (χ1v) is 8.77. The molecular formula is C19H22N8. The van der Waals surface area contributed by atoms with Crippen LogP contribution in [-0.2, 0) is 20.5 Å². The average molecular weight is 362 g/mol. The highest BCUT2D eigenvalue weighted by Crippen LogP contribution is 2.31. The van der Waals surface area contributed by atoms with E-state index < -0.39 is 0 Å². The zero-order valence-corrected chi connectivity index (χ0v) is 15.9. The van der Waals surface area contributed by atoms with Crippen molar-refractivity contribution in [2.24, 2.45) is 14.1 Å². The van der Waals surface area contributed by atoms with Crippen molar-refractivity contribution in [3.05, 3.63) is 42.6 Å². The Morgan fingerprint density at radius 3 is 2.67 bits per heavy atom. The average Bonchev–Trinajstić information content (AvgIpc) is 3.27. The van der Waals surface area contributed by atoms with E-state index >= 15 is 0 Å². The predicted molar refractivity (Wildman–Crippen MR) is 107 cm³/mol. The molecule has 0 saturated heterocycles. The van der Waals surface area contributed by atoms with Gasteiger partial charge in [0.15, 0.2) is 5.82 Å². The van der Waals surface area contributed by atoms with Crippen molar-refractivity contribution in [1.82, 2.24) is 29.3 Å². The van der Waals surface area contributed by atoms with Crippen molar-refractivity contribution in [3.8, 4) is 11.3 Å². The minimum Gasteiger partial charge on any atom is -0.382 e. The van der Waals surface area contributed by atoms with Crippen LogP contribution in [0.2, 0.25) is 0 Å². The molecule has 0 atom stereocenters. The fraction of sp³-hybridized carbons (Fsp3) is 0.263. The molecule has 27 heavy (non-hydrogen) atoms. The molecule has 2 N–H and O–H groups in total. The second kappa shape index (κ2) is 6.39. The van der Waals surface area contributed by atoms with E-state index in [0.717, 1.165) is 40.2 Å². The first-order valence-electron chi connectivity index (χ1n) is 8.77. The summed E-state index contributed by atoms with van der Waals surface area (Å²) in [5, 5.41) is 4.23. The highest BCUT2D eigenvalue weighted by atomic mass is 15.2. The Hall–Kier alpha value is -3.42. The molecule has 0 aromatic carbocycles. The van der Waals surface area contributed by atoms with E-state index in [-0.39, 0.29) is 0 Å². The highest BCUT2D eigenvalue weighted by Gasteiger charge is 2.16. The van der Waals surface area contributed by atoms with Crippen LogP contribution in [0.1, 0.15) is 12.5 Å². The lowest BCUT2D eigenvalue weighted by molar-refractivity contribution is 0.768. The van der Waals surface area contributed by atoms with Gasteiger partial charge in [0.25, 0.3) is 0 Å². The third-order valence-corrected chi connectivity index (χ3v) is 4.78. The summed E-state index contributed by atoms with van der Waals surface area (Å²) >= 11 is 0. The molecule has 4 aromatic heterocycles. The monoisotopic (exact) mass is 362 g/mol. The fourth-order valence-electron chi connectivity index (χ4n) is 3.22. The third-order valence-electron chi connectivity index (χ3n) is 4.78. The van der Waals surface area contributed by atoms with Crippen LogP contribution in [0.4, 0.5) is 17.3 Å². The van der Waals surface area contributed by atoms with Crippen molar-refractivity contribution in [3.63, 3.8) is 0 Å². The quantitative estimate of drug-likeness (QED) is 0.600. The molecule has 4 aromatic rings. The van der Waals surface area contributed by atoms with Crippen LogP contribution in [-0.4, -0.2) is 36.3 Å². The molecule has 138 valence electrons. The maximum atomic E-state index is 6.12. The number of aryl methyl sites for hydroxylation is 3. The van der Waals surface area contributed by atoms with Gasteiger partial charge >= 0.3 is 0 Å². The molecule has 0 saturated carbocycles. The zero-order valence-electron chi connectivity index (χ0n) is 15.9. The Morgan fingerprint density at radius 1 is 1.15 bits per heavy atom. The van der Waals surface area contributed by atoms with Gasteiger partial charge in [-0.2, -0.15) is 5.10 Å². The van der Waals surface area contributed by atoms with Crippen molar-refractivity contribution in [2.45, 2.75) is 13.3 Å². The molecule has 0 aliphatic carbocycles. The summed E-state index contributed by atoms with van der Waals surface area (Å²) in [7, 11) is 5.82. The van der Waals surface area contributed by atoms with E-state index in [1.165, 1.54) is 5.56 Å². The molecule has 0 bridgehead atoms.